The molecule has 0 aromatic carbocycles. The lowest BCUT2D eigenvalue weighted by Gasteiger charge is -2.37. The minimum atomic E-state index is -0.944. The van der Waals surface area contributed by atoms with Crippen LogP contribution in [-0.4, -0.2) is 46.4 Å². The second-order valence-electron chi connectivity index (χ2n) is 7.76. The summed E-state index contributed by atoms with van der Waals surface area (Å²) in [7, 11) is 5.03. The summed E-state index contributed by atoms with van der Waals surface area (Å²) >= 11 is 0. The van der Waals surface area contributed by atoms with Gasteiger partial charge in [0.15, 0.2) is 0 Å². The van der Waals surface area contributed by atoms with Crippen LogP contribution in [0, 0.1) is 5.92 Å². The Labute approximate surface area is 169 Å². The SMILES string of the molecule is CCCCCCCCC(CC(C)NCCCCCCN)C(OC)(OC)OC. The van der Waals surface area contributed by atoms with Gasteiger partial charge in [0.2, 0.25) is 0 Å². The van der Waals surface area contributed by atoms with E-state index >= 15 is 0 Å². The highest BCUT2D eigenvalue weighted by atomic mass is 16.9. The first-order valence-electron chi connectivity index (χ1n) is 11.2. The van der Waals surface area contributed by atoms with E-state index in [0.717, 1.165) is 32.4 Å². The predicted octanol–water partition coefficient (Wildman–Crippen LogP) is 4.83. The lowest BCUT2D eigenvalue weighted by molar-refractivity contribution is -0.380. The molecule has 0 saturated heterocycles. The Morgan fingerprint density at radius 3 is 1.96 bits per heavy atom. The molecule has 2 atom stereocenters. The first-order valence-corrected chi connectivity index (χ1v) is 11.2. The summed E-state index contributed by atoms with van der Waals surface area (Å²) in [5.41, 5.74) is 5.55. The monoisotopic (exact) mass is 388 g/mol. The Morgan fingerprint density at radius 1 is 0.815 bits per heavy atom. The van der Waals surface area contributed by atoms with Crippen LogP contribution in [0.1, 0.15) is 90.9 Å². The van der Waals surface area contributed by atoms with E-state index < -0.39 is 5.97 Å². The molecule has 0 aliphatic heterocycles. The Kier molecular flexibility index (Phi) is 17.7. The molecule has 0 saturated carbocycles. The summed E-state index contributed by atoms with van der Waals surface area (Å²) in [5, 5.41) is 3.65. The number of nitrogens with one attached hydrogen (secondary N) is 1. The van der Waals surface area contributed by atoms with Gasteiger partial charge in [-0.15, -0.1) is 0 Å². The molecule has 3 N–H and O–H groups in total. The molecular formula is C22H48N2O3. The zero-order valence-corrected chi connectivity index (χ0v) is 18.9. The van der Waals surface area contributed by atoms with Gasteiger partial charge in [0, 0.05) is 33.3 Å². The van der Waals surface area contributed by atoms with Crippen LogP contribution < -0.4 is 11.1 Å². The zero-order chi connectivity index (χ0) is 20.4. The minimum absolute atomic E-state index is 0.211. The third-order valence-corrected chi connectivity index (χ3v) is 5.52. The largest absolute Gasteiger partial charge is 0.331 e. The molecule has 0 rings (SSSR count). The van der Waals surface area contributed by atoms with Crippen molar-refractivity contribution in [3.05, 3.63) is 0 Å². The molecule has 0 aliphatic rings. The number of rotatable bonds is 20. The van der Waals surface area contributed by atoms with E-state index in [1.165, 1.54) is 57.8 Å². The van der Waals surface area contributed by atoms with Crippen molar-refractivity contribution in [3.63, 3.8) is 0 Å². The maximum absolute atomic E-state index is 5.68. The van der Waals surface area contributed by atoms with Gasteiger partial charge >= 0.3 is 0 Å². The minimum Gasteiger partial charge on any atom is -0.331 e. The Morgan fingerprint density at radius 2 is 1.37 bits per heavy atom. The van der Waals surface area contributed by atoms with Gasteiger partial charge in [-0.2, -0.15) is 0 Å². The molecule has 5 heteroatoms. The Bertz CT molecular complexity index is 304. The van der Waals surface area contributed by atoms with Gasteiger partial charge < -0.3 is 25.3 Å². The first kappa shape index (κ1) is 26.8. The van der Waals surface area contributed by atoms with Gasteiger partial charge in [-0.05, 0) is 45.7 Å². The maximum Gasteiger partial charge on any atom is 0.285 e. The molecule has 0 aromatic heterocycles. The maximum atomic E-state index is 5.68. The highest BCUT2D eigenvalue weighted by Crippen LogP contribution is 2.32. The number of unbranched alkanes of at least 4 members (excludes halogenated alkanes) is 8. The molecule has 0 radical (unpaired) electrons. The van der Waals surface area contributed by atoms with Crippen LogP contribution in [-0.2, 0) is 14.2 Å². The van der Waals surface area contributed by atoms with Gasteiger partial charge in [0.25, 0.3) is 5.97 Å². The van der Waals surface area contributed by atoms with E-state index in [1.807, 2.05) is 0 Å². The van der Waals surface area contributed by atoms with Crippen LogP contribution in [0.15, 0.2) is 0 Å². The summed E-state index contributed by atoms with van der Waals surface area (Å²) in [4.78, 5) is 0. The van der Waals surface area contributed by atoms with Crippen molar-refractivity contribution in [1.29, 1.82) is 0 Å². The van der Waals surface area contributed by atoms with E-state index in [1.54, 1.807) is 21.3 Å². The number of ether oxygens (including phenoxy) is 3. The van der Waals surface area contributed by atoms with Crippen LogP contribution in [0.4, 0.5) is 0 Å². The summed E-state index contributed by atoms with van der Waals surface area (Å²) in [6.45, 7) is 6.36. The third-order valence-electron chi connectivity index (χ3n) is 5.52. The van der Waals surface area contributed by atoms with Crippen molar-refractivity contribution in [2.24, 2.45) is 11.7 Å². The number of hydrogen-bond donors (Lipinski definition) is 2. The average molecular weight is 389 g/mol. The van der Waals surface area contributed by atoms with Crippen LogP contribution in [0.25, 0.3) is 0 Å². The highest BCUT2D eigenvalue weighted by molar-refractivity contribution is 4.76. The van der Waals surface area contributed by atoms with Crippen molar-refractivity contribution >= 4 is 0 Å². The number of hydrogen-bond acceptors (Lipinski definition) is 5. The van der Waals surface area contributed by atoms with E-state index in [-0.39, 0.29) is 5.92 Å². The van der Waals surface area contributed by atoms with Crippen LogP contribution in [0.2, 0.25) is 0 Å². The van der Waals surface area contributed by atoms with Gasteiger partial charge in [0.1, 0.15) is 0 Å². The van der Waals surface area contributed by atoms with Crippen LogP contribution in [0.5, 0.6) is 0 Å². The molecule has 0 aromatic rings. The Hall–Kier alpha value is -0.200. The van der Waals surface area contributed by atoms with Crippen molar-refractivity contribution in [2.75, 3.05) is 34.4 Å². The lowest BCUT2D eigenvalue weighted by atomic mass is 9.91. The quantitative estimate of drug-likeness (QED) is 0.231. The molecular weight excluding hydrogens is 340 g/mol. The van der Waals surface area contributed by atoms with E-state index in [4.69, 9.17) is 19.9 Å². The molecule has 2 unspecified atom stereocenters. The molecule has 0 heterocycles. The normalized spacial score (nSPS) is 14.4. The van der Waals surface area contributed by atoms with E-state index in [9.17, 15) is 0 Å². The van der Waals surface area contributed by atoms with Gasteiger partial charge in [-0.1, -0.05) is 58.3 Å². The second kappa shape index (κ2) is 17.9. The fourth-order valence-electron chi connectivity index (χ4n) is 3.84. The van der Waals surface area contributed by atoms with Crippen molar-refractivity contribution in [3.8, 4) is 0 Å². The molecule has 0 bridgehead atoms. The van der Waals surface area contributed by atoms with Crippen molar-refractivity contribution in [1.82, 2.24) is 5.32 Å². The van der Waals surface area contributed by atoms with Gasteiger partial charge in [-0.25, -0.2) is 0 Å². The molecule has 0 spiro atoms. The number of nitrogens with two attached hydrogens (primary N) is 1. The molecule has 27 heavy (non-hydrogen) atoms. The Balaban J connectivity index is 4.43. The molecule has 5 nitrogen and oxygen atoms in total. The van der Waals surface area contributed by atoms with Crippen molar-refractivity contribution < 1.29 is 14.2 Å². The van der Waals surface area contributed by atoms with E-state index in [0.29, 0.717) is 6.04 Å². The van der Waals surface area contributed by atoms with Crippen LogP contribution in [0.3, 0.4) is 0 Å². The van der Waals surface area contributed by atoms with Gasteiger partial charge in [0.05, 0.1) is 0 Å². The lowest BCUT2D eigenvalue weighted by Crippen LogP contribution is -2.46. The zero-order valence-electron chi connectivity index (χ0n) is 18.9. The fraction of sp³-hybridized carbons (Fsp3) is 1.00. The third kappa shape index (κ3) is 12.1. The van der Waals surface area contributed by atoms with Crippen molar-refractivity contribution in [2.45, 2.75) is 103 Å². The number of methoxy groups -OCH3 is 3. The molecule has 0 amide bonds. The molecule has 0 aliphatic carbocycles. The first-order chi connectivity index (χ1) is 13.1. The van der Waals surface area contributed by atoms with E-state index in [2.05, 4.69) is 19.2 Å². The molecule has 0 fully saturated rings. The second-order valence-corrected chi connectivity index (χ2v) is 7.76. The summed E-state index contributed by atoms with van der Waals surface area (Å²) in [5.74, 6) is -0.732. The standard InChI is InChI=1S/C22H48N2O3/c1-6-7-8-9-10-13-16-21(22(25-3,26-4)27-5)19-20(2)24-18-15-12-11-14-17-23/h20-21,24H,6-19,23H2,1-5H3. The average Bonchev–Trinajstić information content (AvgIpc) is 2.68. The predicted molar refractivity (Wildman–Crippen MR) is 115 cm³/mol. The molecule has 164 valence electrons. The highest BCUT2D eigenvalue weighted by Gasteiger charge is 2.40. The summed E-state index contributed by atoms with van der Waals surface area (Å²) in [6.07, 6.45) is 14.6. The fourth-order valence-corrected chi connectivity index (χ4v) is 3.84. The summed E-state index contributed by atoms with van der Waals surface area (Å²) in [6, 6.07) is 0.407. The summed E-state index contributed by atoms with van der Waals surface area (Å²) < 4.78 is 17.0. The van der Waals surface area contributed by atoms with Crippen LogP contribution >= 0.6 is 0 Å². The smallest absolute Gasteiger partial charge is 0.285 e. The van der Waals surface area contributed by atoms with Gasteiger partial charge in [-0.3, -0.25) is 0 Å². The topological polar surface area (TPSA) is 65.7 Å².